The molecule has 1 heterocycles. The van der Waals surface area contributed by atoms with Gasteiger partial charge in [0.15, 0.2) is 6.23 Å². The zero-order valence-electron chi connectivity index (χ0n) is 9.08. The number of para-hydroxylation sites is 1. The number of anilines is 1. The standard InChI is InChI=1S/C14H11NO2/c16-13-11-8-4-5-9-12(11)14(17)15(13)10-6-2-1-3-7-10/h1-9,13,16H/t13-/m0/s1. The highest BCUT2D eigenvalue weighted by molar-refractivity contribution is 6.10. The van der Waals surface area contributed by atoms with Crippen molar-refractivity contribution in [3.63, 3.8) is 0 Å². The van der Waals surface area contributed by atoms with Gasteiger partial charge < -0.3 is 5.11 Å². The molecule has 17 heavy (non-hydrogen) atoms. The molecule has 3 rings (SSSR count). The van der Waals surface area contributed by atoms with Gasteiger partial charge in [0, 0.05) is 16.8 Å². The largest absolute Gasteiger partial charge is 0.369 e. The Morgan fingerprint density at radius 1 is 0.941 bits per heavy atom. The SMILES string of the molecule is O=C1c2ccccc2[C@H](O)N1c1ccccc1. The Labute approximate surface area is 98.9 Å². The van der Waals surface area contributed by atoms with Crippen LogP contribution in [0.5, 0.6) is 0 Å². The van der Waals surface area contributed by atoms with E-state index in [4.69, 9.17) is 0 Å². The van der Waals surface area contributed by atoms with Crippen LogP contribution >= 0.6 is 0 Å². The van der Waals surface area contributed by atoms with Gasteiger partial charge in [0.05, 0.1) is 0 Å². The fourth-order valence-electron chi connectivity index (χ4n) is 2.14. The Kier molecular flexibility index (Phi) is 2.20. The minimum atomic E-state index is -0.888. The van der Waals surface area contributed by atoms with E-state index in [0.29, 0.717) is 16.8 Å². The number of hydrogen-bond acceptors (Lipinski definition) is 2. The van der Waals surface area contributed by atoms with Gasteiger partial charge in [0.25, 0.3) is 5.91 Å². The number of aliphatic hydroxyl groups excluding tert-OH is 1. The van der Waals surface area contributed by atoms with Crippen molar-refractivity contribution >= 4 is 11.6 Å². The third-order valence-corrected chi connectivity index (χ3v) is 2.97. The second-order valence-corrected chi connectivity index (χ2v) is 3.97. The molecule has 0 saturated carbocycles. The summed E-state index contributed by atoms with van der Waals surface area (Å²) in [6.45, 7) is 0. The molecule has 0 radical (unpaired) electrons. The minimum absolute atomic E-state index is 0.153. The first-order valence-corrected chi connectivity index (χ1v) is 5.44. The van der Waals surface area contributed by atoms with Gasteiger partial charge in [-0.05, 0) is 18.2 Å². The summed E-state index contributed by atoms with van der Waals surface area (Å²) < 4.78 is 0. The van der Waals surface area contributed by atoms with Gasteiger partial charge in [-0.1, -0.05) is 36.4 Å². The van der Waals surface area contributed by atoms with Crippen molar-refractivity contribution < 1.29 is 9.90 Å². The third-order valence-electron chi connectivity index (χ3n) is 2.97. The lowest BCUT2D eigenvalue weighted by Crippen LogP contribution is -2.27. The van der Waals surface area contributed by atoms with Crippen LogP contribution in [0.4, 0.5) is 5.69 Å². The van der Waals surface area contributed by atoms with E-state index in [-0.39, 0.29) is 5.91 Å². The number of fused-ring (bicyclic) bond motifs is 1. The number of rotatable bonds is 1. The Bertz CT molecular complexity index is 565. The van der Waals surface area contributed by atoms with Gasteiger partial charge in [-0.2, -0.15) is 0 Å². The second-order valence-electron chi connectivity index (χ2n) is 3.97. The summed E-state index contributed by atoms with van der Waals surface area (Å²) in [4.78, 5) is 13.6. The van der Waals surface area contributed by atoms with Gasteiger partial charge in [0.1, 0.15) is 0 Å². The summed E-state index contributed by atoms with van der Waals surface area (Å²) >= 11 is 0. The molecule has 0 aromatic heterocycles. The van der Waals surface area contributed by atoms with E-state index in [1.807, 2.05) is 36.4 Å². The summed E-state index contributed by atoms with van der Waals surface area (Å²) in [5.41, 5.74) is 1.95. The normalized spacial score (nSPS) is 18.3. The lowest BCUT2D eigenvalue weighted by molar-refractivity contribution is 0.0935. The number of aliphatic hydroxyl groups is 1. The molecule has 0 aliphatic carbocycles. The molecule has 1 N–H and O–H groups in total. The first-order valence-electron chi connectivity index (χ1n) is 5.44. The van der Waals surface area contributed by atoms with Crippen molar-refractivity contribution in [3.05, 3.63) is 65.7 Å². The predicted octanol–water partition coefficient (Wildman–Crippen LogP) is 2.34. The zero-order valence-corrected chi connectivity index (χ0v) is 9.08. The Hall–Kier alpha value is -2.13. The van der Waals surface area contributed by atoms with Crippen molar-refractivity contribution in [2.24, 2.45) is 0 Å². The quantitative estimate of drug-likeness (QED) is 0.809. The summed E-state index contributed by atoms with van der Waals surface area (Å²) in [5, 5.41) is 10.2. The molecule has 2 aromatic carbocycles. The highest BCUT2D eigenvalue weighted by atomic mass is 16.3. The molecule has 0 bridgehead atoms. The highest BCUT2D eigenvalue weighted by Gasteiger charge is 2.35. The smallest absolute Gasteiger partial charge is 0.261 e. The van der Waals surface area contributed by atoms with Crippen LogP contribution in [0.1, 0.15) is 22.1 Å². The lowest BCUT2D eigenvalue weighted by Gasteiger charge is -2.20. The first-order chi connectivity index (χ1) is 8.29. The Balaban J connectivity index is 2.10. The summed E-state index contributed by atoms with van der Waals surface area (Å²) in [6.07, 6.45) is -0.888. The van der Waals surface area contributed by atoms with Crippen molar-refractivity contribution in [1.82, 2.24) is 0 Å². The van der Waals surface area contributed by atoms with Crippen molar-refractivity contribution in [2.75, 3.05) is 4.90 Å². The fraction of sp³-hybridized carbons (Fsp3) is 0.0714. The van der Waals surface area contributed by atoms with Gasteiger partial charge >= 0.3 is 0 Å². The van der Waals surface area contributed by atoms with E-state index in [9.17, 15) is 9.90 Å². The molecule has 1 aliphatic heterocycles. The molecule has 0 saturated heterocycles. The number of carbonyl (C=O) groups excluding carboxylic acids is 1. The fourth-order valence-corrected chi connectivity index (χ4v) is 2.14. The highest BCUT2D eigenvalue weighted by Crippen LogP contribution is 2.35. The average molecular weight is 225 g/mol. The Morgan fingerprint density at radius 3 is 2.29 bits per heavy atom. The monoisotopic (exact) mass is 225 g/mol. The van der Waals surface area contributed by atoms with Crippen LogP contribution in [0, 0.1) is 0 Å². The first kappa shape index (κ1) is 10.1. The molecule has 0 fully saturated rings. The molecule has 1 amide bonds. The molecule has 1 atom stereocenters. The summed E-state index contributed by atoms with van der Waals surface area (Å²) in [7, 11) is 0. The molecule has 84 valence electrons. The van der Waals surface area contributed by atoms with Crippen LogP contribution in [0.3, 0.4) is 0 Å². The number of nitrogens with zero attached hydrogens (tertiary/aromatic N) is 1. The van der Waals surface area contributed by atoms with Gasteiger partial charge in [0.2, 0.25) is 0 Å². The molecule has 0 unspecified atom stereocenters. The van der Waals surface area contributed by atoms with E-state index < -0.39 is 6.23 Å². The topological polar surface area (TPSA) is 40.5 Å². The average Bonchev–Trinajstić information content (AvgIpc) is 2.64. The van der Waals surface area contributed by atoms with Crippen LogP contribution in [-0.4, -0.2) is 11.0 Å². The van der Waals surface area contributed by atoms with Crippen LogP contribution in [0.15, 0.2) is 54.6 Å². The molecule has 3 heteroatoms. The van der Waals surface area contributed by atoms with Crippen LogP contribution < -0.4 is 4.90 Å². The van der Waals surface area contributed by atoms with E-state index in [0.717, 1.165) is 0 Å². The van der Waals surface area contributed by atoms with Gasteiger partial charge in [-0.25, -0.2) is 0 Å². The van der Waals surface area contributed by atoms with E-state index >= 15 is 0 Å². The molecular formula is C14H11NO2. The second kappa shape index (κ2) is 3.71. The van der Waals surface area contributed by atoms with Crippen LogP contribution in [-0.2, 0) is 0 Å². The van der Waals surface area contributed by atoms with Gasteiger partial charge in [-0.3, -0.25) is 9.69 Å². The lowest BCUT2D eigenvalue weighted by atomic mass is 10.1. The van der Waals surface area contributed by atoms with Crippen molar-refractivity contribution in [2.45, 2.75) is 6.23 Å². The maximum atomic E-state index is 12.2. The minimum Gasteiger partial charge on any atom is -0.369 e. The molecule has 0 spiro atoms. The van der Waals surface area contributed by atoms with E-state index in [2.05, 4.69) is 0 Å². The van der Waals surface area contributed by atoms with E-state index in [1.165, 1.54) is 4.90 Å². The maximum absolute atomic E-state index is 12.2. The number of amides is 1. The third kappa shape index (κ3) is 1.44. The number of benzene rings is 2. The van der Waals surface area contributed by atoms with Crippen LogP contribution in [0.25, 0.3) is 0 Å². The predicted molar refractivity (Wildman–Crippen MR) is 64.7 cm³/mol. The molecular weight excluding hydrogens is 214 g/mol. The van der Waals surface area contributed by atoms with Gasteiger partial charge in [-0.15, -0.1) is 0 Å². The maximum Gasteiger partial charge on any atom is 0.261 e. The summed E-state index contributed by atoms with van der Waals surface area (Å²) in [6, 6.07) is 16.3. The van der Waals surface area contributed by atoms with Crippen molar-refractivity contribution in [1.29, 1.82) is 0 Å². The number of carbonyl (C=O) groups is 1. The molecule has 1 aliphatic rings. The molecule has 3 nitrogen and oxygen atoms in total. The number of hydrogen-bond donors (Lipinski definition) is 1. The molecule has 2 aromatic rings. The van der Waals surface area contributed by atoms with E-state index in [1.54, 1.807) is 18.2 Å². The Morgan fingerprint density at radius 2 is 1.59 bits per heavy atom. The summed E-state index contributed by atoms with van der Waals surface area (Å²) in [5.74, 6) is -0.153. The van der Waals surface area contributed by atoms with Crippen LogP contribution in [0.2, 0.25) is 0 Å². The van der Waals surface area contributed by atoms with Crippen molar-refractivity contribution in [3.8, 4) is 0 Å². The zero-order chi connectivity index (χ0) is 11.8.